The van der Waals surface area contributed by atoms with Crippen molar-refractivity contribution >= 4 is 35.0 Å². The van der Waals surface area contributed by atoms with Crippen molar-refractivity contribution in [3.63, 3.8) is 0 Å². The van der Waals surface area contributed by atoms with Crippen LogP contribution < -0.4 is 5.32 Å². The van der Waals surface area contributed by atoms with Crippen LogP contribution in [0.3, 0.4) is 0 Å². The summed E-state index contributed by atoms with van der Waals surface area (Å²) in [5.41, 5.74) is 0.141. The standard InChI is InChI=1S/C20H15ClF3N3OS/c1-12(18(28)25-15-9-7-14(21)8-10-15)29-19-26-16(13-5-3-2-4-6-13)11-17(27-19)20(22,23)24/h2-12H,1H3,(H,25,28)/t12-/m1/s1. The molecule has 0 radical (unpaired) electrons. The Morgan fingerprint density at radius 3 is 2.34 bits per heavy atom. The fourth-order valence-corrected chi connectivity index (χ4v) is 3.28. The van der Waals surface area contributed by atoms with E-state index in [0.717, 1.165) is 17.8 Å². The molecule has 1 atom stereocenters. The molecule has 0 saturated heterocycles. The van der Waals surface area contributed by atoms with Crippen molar-refractivity contribution in [2.45, 2.75) is 23.5 Å². The van der Waals surface area contributed by atoms with E-state index in [1.54, 1.807) is 61.5 Å². The molecule has 0 fully saturated rings. The zero-order chi connectivity index (χ0) is 21.0. The highest BCUT2D eigenvalue weighted by Crippen LogP contribution is 2.33. The van der Waals surface area contributed by atoms with Crippen LogP contribution in [-0.4, -0.2) is 21.1 Å². The van der Waals surface area contributed by atoms with E-state index < -0.39 is 17.1 Å². The predicted molar refractivity (Wildman–Crippen MR) is 108 cm³/mol. The lowest BCUT2D eigenvalue weighted by atomic mass is 10.1. The van der Waals surface area contributed by atoms with Gasteiger partial charge in [-0.15, -0.1) is 0 Å². The first-order valence-electron chi connectivity index (χ1n) is 8.47. The smallest absolute Gasteiger partial charge is 0.325 e. The largest absolute Gasteiger partial charge is 0.433 e. The predicted octanol–water partition coefficient (Wildman–Crippen LogP) is 5.94. The summed E-state index contributed by atoms with van der Waals surface area (Å²) in [5.74, 6) is -0.389. The zero-order valence-electron chi connectivity index (χ0n) is 15.1. The summed E-state index contributed by atoms with van der Waals surface area (Å²) in [6, 6.07) is 15.9. The van der Waals surface area contributed by atoms with Gasteiger partial charge < -0.3 is 5.32 Å². The Kier molecular flexibility index (Phi) is 6.44. The molecule has 3 aromatic rings. The van der Waals surface area contributed by atoms with Crippen LogP contribution in [0.25, 0.3) is 11.3 Å². The minimum Gasteiger partial charge on any atom is -0.325 e. The molecule has 3 rings (SSSR count). The molecule has 1 amide bonds. The Labute approximate surface area is 174 Å². The lowest BCUT2D eigenvalue weighted by Crippen LogP contribution is -2.23. The lowest BCUT2D eigenvalue weighted by Gasteiger charge is -2.14. The van der Waals surface area contributed by atoms with E-state index in [-0.39, 0.29) is 16.8 Å². The Morgan fingerprint density at radius 1 is 1.07 bits per heavy atom. The molecular formula is C20H15ClF3N3OS. The molecule has 0 spiro atoms. The van der Waals surface area contributed by atoms with E-state index in [4.69, 9.17) is 11.6 Å². The van der Waals surface area contributed by atoms with Crippen LogP contribution in [0, 0.1) is 0 Å². The molecule has 9 heteroatoms. The van der Waals surface area contributed by atoms with Crippen LogP contribution in [0.1, 0.15) is 12.6 Å². The summed E-state index contributed by atoms with van der Waals surface area (Å²) < 4.78 is 39.9. The van der Waals surface area contributed by atoms with Crippen LogP contribution in [0.5, 0.6) is 0 Å². The van der Waals surface area contributed by atoms with E-state index in [2.05, 4.69) is 15.3 Å². The molecule has 0 saturated carbocycles. The summed E-state index contributed by atoms with van der Waals surface area (Å²) in [4.78, 5) is 20.2. The van der Waals surface area contributed by atoms with Crippen molar-refractivity contribution in [2.24, 2.45) is 0 Å². The van der Waals surface area contributed by atoms with E-state index in [1.165, 1.54) is 0 Å². The zero-order valence-corrected chi connectivity index (χ0v) is 16.6. The van der Waals surface area contributed by atoms with E-state index >= 15 is 0 Å². The van der Waals surface area contributed by atoms with Gasteiger partial charge in [-0.2, -0.15) is 13.2 Å². The molecule has 0 aliphatic carbocycles. The minimum atomic E-state index is -4.63. The third kappa shape index (κ3) is 5.71. The topological polar surface area (TPSA) is 54.9 Å². The average Bonchev–Trinajstić information content (AvgIpc) is 2.69. The number of nitrogens with zero attached hydrogens (tertiary/aromatic N) is 2. The number of nitrogens with one attached hydrogen (secondary N) is 1. The Balaban J connectivity index is 1.83. The summed E-state index contributed by atoms with van der Waals surface area (Å²) in [5, 5.41) is 2.36. The van der Waals surface area contributed by atoms with Gasteiger partial charge in [0, 0.05) is 16.3 Å². The van der Waals surface area contributed by atoms with Crippen LogP contribution >= 0.6 is 23.4 Å². The van der Waals surface area contributed by atoms with Gasteiger partial charge in [0.2, 0.25) is 5.91 Å². The molecule has 0 aliphatic heterocycles. The van der Waals surface area contributed by atoms with Crippen molar-refractivity contribution in [3.8, 4) is 11.3 Å². The number of benzene rings is 2. The second kappa shape index (κ2) is 8.84. The number of thioether (sulfide) groups is 1. The number of hydrogen-bond acceptors (Lipinski definition) is 4. The molecule has 0 aliphatic rings. The van der Waals surface area contributed by atoms with Crippen molar-refractivity contribution in [3.05, 3.63) is 71.4 Å². The van der Waals surface area contributed by atoms with E-state index in [1.807, 2.05) is 0 Å². The third-order valence-corrected chi connectivity index (χ3v) is 5.04. The van der Waals surface area contributed by atoms with Crippen LogP contribution in [-0.2, 0) is 11.0 Å². The maximum atomic E-state index is 13.3. The first kappa shape index (κ1) is 21.1. The molecule has 1 heterocycles. The maximum Gasteiger partial charge on any atom is 0.433 e. The Bertz CT molecular complexity index is 998. The molecule has 4 nitrogen and oxygen atoms in total. The number of aromatic nitrogens is 2. The number of anilines is 1. The highest BCUT2D eigenvalue weighted by atomic mass is 35.5. The summed E-state index contributed by atoms with van der Waals surface area (Å²) in [6.07, 6.45) is -4.63. The highest BCUT2D eigenvalue weighted by molar-refractivity contribution is 8.00. The number of carbonyl (C=O) groups is 1. The first-order valence-corrected chi connectivity index (χ1v) is 9.73. The van der Waals surface area contributed by atoms with Crippen LogP contribution in [0.15, 0.2) is 65.8 Å². The van der Waals surface area contributed by atoms with Crippen LogP contribution in [0.4, 0.5) is 18.9 Å². The number of hydrogen-bond donors (Lipinski definition) is 1. The fourth-order valence-electron chi connectivity index (χ4n) is 2.37. The lowest BCUT2D eigenvalue weighted by molar-refractivity contribution is -0.141. The Hall–Kier alpha value is -2.58. The number of carbonyl (C=O) groups excluding carboxylic acids is 1. The number of amides is 1. The van der Waals surface area contributed by atoms with Gasteiger partial charge >= 0.3 is 6.18 Å². The van der Waals surface area contributed by atoms with Crippen molar-refractivity contribution in [2.75, 3.05) is 5.32 Å². The van der Waals surface area contributed by atoms with Gasteiger partial charge in [0.1, 0.15) is 5.69 Å². The SMILES string of the molecule is C[C@@H](Sc1nc(-c2ccccc2)cc(C(F)(F)F)n1)C(=O)Nc1ccc(Cl)cc1. The summed E-state index contributed by atoms with van der Waals surface area (Å²) >= 11 is 6.66. The molecular weight excluding hydrogens is 423 g/mol. The molecule has 1 N–H and O–H groups in total. The Morgan fingerprint density at radius 2 is 1.72 bits per heavy atom. The normalized spacial score (nSPS) is 12.4. The second-order valence-corrected chi connectivity index (χ2v) is 7.79. The van der Waals surface area contributed by atoms with Gasteiger partial charge in [-0.25, -0.2) is 9.97 Å². The number of rotatable bonds is 5. The van der Waals surface area contributed by atoms with Gasteiger partial charge in [0.05, 0.1) is 10.9 Å². The summed E-state index contributed by atoms with van der Waals surface area (Å²) in [7, 11) is 0. The van der Waals surface area contributed by atoms with E-state index in [9.17, 15) is 18.0 Å². The number of alkyl halides is 3. The first-order chi connectivity index (χ1) is 13.7. The molecule has 1 aromatic heterocycles. The fraction of sp³-hybridized carbons (Fsp3) is 0.150. The monoisotopic (exact) mass is 437 g/mol. The van der Waals surface area contributed by atoms with Gasteiger partial charge in [-0.05, 0) is 37.3 Å². The quantitative estimate of drug-likeness (QED) is 0.396. The molecule has 0 bridgehead atoms. The molecule has 29 heavy (non-hydrogen) atoms. The van der Waals surface area contributed by atoms with Crippen molar-refractivity contribution in [1.82, 2.24) is 9.97 Å². The number of halogens is 4. The summed E-state index contributed by atoms with van der Waals surface area (Å²) in [6.45, 7) is 1.57. The maximum absolute atomic E-state index is 13.3. The third-order valence-electron chi connectivity index (χ3n) is 3.83. The van der Waals surface area contributed by atoms with Gasteiger partial charge in [-0.1, -0.05) is 53.7 Å². The minimum absolute atomic E-state index is 0.127. The van der Waals surface area contributed by atoms with Crippen molar-refractivity contribution < 1.29 is 18.0 Å². The molecule has 0 unspecified atom stereocenters. The van der Waals surface area contributed by atoms with E-state index in [0.29, 0.717) is 16.3 Å². The molecule has 150 valence electrons. The molecule has 2 aromatic carbocycles. The second-order valence-electron chi connectivity index (χ2n) is 6.04. The average molecular weight is 438 g/mol. The van der Waals surface area contributed by atoms with Gasteiger partial charge in [0.25, 0.3) is 0 Å². The van der Waals surface area contributed by atoms with Gasteiger partial charge in [-0.3, -0.25) is 4.79 Å². The van der Waals surface area contributed by atoms with Gasteiger partial charge in [0.15, 0.2) is 5.16 Å². The van der Waals surface area contributed by atoms with Crippen LogP contribution in [0.2, 0.25) is 5.02 Å². The highest BCUT2D eigenvalue weighted by Gasteiger charge is 2.34. The van der Waals surface area contributed by atoms with Crippen molar-refractivity contribution in [1.29, 1.82) is 0 Å².